The van der Waals surface area contributed by atoms with E-state index in [1.807, 2.05) is 14.1 Å². The van der Waals surface area contributed by atoms with Gasteiger partial charge in [0, 0.05) is 6.04 Å². The molecule has 2 atom stereocenters. The third-order valence-corrected chi connectivity index (χ3v) is 3.27. The number of halogens is 2. The topological polar surface area (TPSA) is 29.3 Å². The maximum atomic E-state index is 13.1. The van der Waals surface area contributed by atoms with Crippen LogP contribution in [0.25, 0.3) is 0 Å². The lowest BCUT2D eigenvalue weighted by molar-refractivity contribution is 0.255. The molecular formula is C13H20ClFN2. The largest absolute Gasteiger partial charge is 0.330 e. The molecule has 0 aliphatic rings. The molecule has 0 bridgehead atoms. The molecular weight excluding hydrogens is 239 g/mol. The van der Waals surface area contributed by atoms with E-state index in [-0.39, 0.29) is 16.9 Å². The molecule has 0 saturated carbocycles. The van der Waals surface area contributed by atoms with Crippen molar-refractivity contribution in [3.8, 4) is 0 Å². The monoisotopic (exact) mass is 258 g/mol. The van der Waals surface area contributed by atoms with Gasteiger partial charge in [0.1, 0.15) is 5.82 Å². The average molecular weight is 259 g/mol. The number of nitrogens with zero attached hydrogens (tertiary/aromatic N) is 1. The Morgan fingerprint density at radius 2 is 2.06 bits per heavy atom. The van der Waals surface area contributed by atoms with Crippen LogP contribution in [0.2, 0.25) is 5.02 Å². The molecule has 0 aliphatic carbocycles. The minimum atomic E-state index is -0.375. The SMILES string of the molecule is CC(CN)CC(c1ccc(F)c(Cl)c1)N(C)C. The van der Waals surface area contributed by atoms with Crippen molar-refractivity contribution in [2.75, 3.05) is 20.6 Å². The molecule has 0 radical (unpaired) electrons. The van der Waals surface area contributed by atoms with E-state index in [0.717, 1.165) is 12.0 Å². The molecule has 1 rings (SSSR count). The second-order valence-corrected chi connectivity index (χ2v) is 5.14. The summed E-state index contributed by atoms with van der Waals surface area (Å²) in [6.07, 6.45) is 0.936. The first-order valence-corrected chi connectivity index (χ1v) is 6.15. The molecule has 1 aromatic carbocycles. The normalized spacial score (nSPS) is 15.0. The summed E-state index contributed by atoms with van der Waals surface area (Å²) in [6, 6.07) is 5.12. The van der Waals surface area contributed by atoms with Crippen molar-refractivity contribution in [3.63, 3.8) is 0 Å². The molecule has 0 aromatic heterocycles. The molecule has 1 aromatic rings. The number of hydrogen-bond acceptors (Lipinski definition) is 2. The van der Waals surface area contributed by atoms with Gasteiger partial charge >= 0.3 is 0 Å². The van der Waals surface area contributed by atoms with Crippen LogP contribution in [0.5, 0.6) is 0 Å². The Balaban J connectivity index is 2.93. The zero-order valence-corrected chi connectivity index (χ0v) is 11.3. The van der Waals surface area contributed by atoms with Gasteiger partial charge in [-0.1, -0.05) is 24.6 Å². The molecule has 2 unspecified atom stereocenters. The van der Waals surface area contributed by atoms with Gasteiger partial charge in [0.2, 0.25) is 0 Å². The van der Waals surface area contributed by atoms with Gasteiger partial charge < -0.3 is 10.6 Å². The number of nitrogens with two attached hydrogens (primary N) is 1. The summed E-state index contributed by atoms with van der Waals surface area (Å²) < 4.78 is 13.1. The lowest BCUT2D eigenvalue weighted by atomic mass is 9.95. The second-order valence-electron chi connectivity index (χ2n) is 4.73. The van der Waals surface area contributed by atoms with Crippen molar-refractivity contribution in [1.82, 2.24) is 4.90 Å². The summed E-state index contributed by atoms with van der Waals surface area (Å²) in [7, 11) is 4.01. The van der Waals surface area contributed by atoms with E-state index in [9.17, 15) is 4.39 Å². The molecule has 2 N–H and O–H groups in total. The second kappa shape index (κ2) is 6.34. The zero-order chi connectivity index (χ0) is 13.0. The number of rotatable bonds is 5. The maximum absolute atomic E-state index is 13.1. The van der Waals surface area contributed by atoms with Crippen LogP contribution in [0.1, 0.15) is 24.9 Å². The highest BCUT2D eigenvalue weighted by Gasteiger charge is 2.18. The van der Waals surface area contributed by atoms with Crippen LogP contribution in [0.15, 0.2) is 18.2 Å². The van der Waals surface area contributed by atoms with E-state index in [2.05, 4.69) is 11.8 Å². The van der Waals surface area contributed by atoms with Gasteiger partial charge in [0.15, 0.2) is 0 Å². The van der Waals surface area contributed by atoms with E-state index in [1.54, 1.807) is 12.1 Å². The van der Waals surface area contributed by atoms with Crippen LogP contribution in [0.3, 0.4) is 0 Å². The summed E-state index contributed by atoms with van der Waals surface area (Å²) >= 11 is 5.81. The van der Waals surface area contributed by atoms with Crippen LogP contribution in [0.4, 0.5) is 4.39 Å². The van der Waals surface area contributed by atoms with Crippen molar-refractivity contribution in [2.24, 2.45) is 11.7 Å². The highest BCUT2D eigenvalue weighted by molar-refractivity contribution is 6.30. The summed E-state index contributed by atoms with van der Waals surface area (Å²) in [5.41, 5.74) is 6.68. The molecule has 4 heteroatoms. The molecule has 0 aliphatic heterocycles. The fourth-order valence-electron chi connectivity index (χ4n) is 1.84. The Hall–Kier alpha value is -0.640. The fraction of sp³-hybridized carbons (Fsp3) is 0.538. The predicted molar refractivity (Wildman–Crippen MR) is 70.7 cm³/mol. The minimum absolute atomic E-state index is 0.176. The van der Waals surface area contributed by atoms with Crippen molar-refractivity contribution in [1.29, 1.82) is 0 Å². The molecule has 17 heavy (non-hydrogen) atoms. The molecule has 0 heterocycles. The molecule has 0 spiro atoms. The van der Waals surface area contributed by atoms with Crippen LogP contribution in [0, 0.1) is 11.7 Å². The first-order valence-electron chi connectivity index (χ1n) is 5.77. The molecule has 2 nitrogen and oxygen atoms in total. The first kappa shape index (κ1) is 14.4. The number of benzene rings is 1. The van der Waals surface area contributed by atoms with E-state index >= 15 is 0 Å². The average Bonchev–Trinajstić information content (AvgIpc) is 2.29. The predicted octanol–water partition coefficient (Wildman–Crippen LogP) is 3.07. The minimum Gasteiger partial charge on any atom is -0.330 e. The van der Waals surface area contributed by atoms with Crippen molar-refractivity contribution < 1.29 is 4.39 Å². The van der Waals surface area contributed by atoms with Gasteiger partial charge in [-0.2, -0.15) is 0 Å². The van der Waals surface area contributed by atoms with Gasteiger partial charge in [0.05, 0.1) is 5.02 Å². The summed E-state index contributed by atoms with van der Waals surface area (Å²) in [5.74, 6) is 0.0472. The van der Waals surface area contributed by atoms with Crippen LogP contribution < -0.4 is 5.73 Å². The lowest BCUT2D eigenvalue weighted by Gasteiger charge is -2.27. The van der Waals surface area contributed by atoms with Crippen molar-refractivity contribution in [2.45, 2.75) is 19.4 Å². The van der Waals surface area contributed by atoms with Crippen LogP contribution in [-0.2, 0) is 0 Å². The Morgan fingerprint density at radius 1 is 1.41 bits per heavy atom. The van der Waals surface area contributed by atoms with Crippen molar-refractivity contribution in [3.05, 3.63) is 34.6 Å². The van der Waals surface area contributed by atoms with Gasteiger partial charge in [-0.15, -0.1) is 0 Å². The van der Waals surface area contributed by atoms with Gasteiger partial charge in [-0.3, -0.25) is 0 Å². The zero-order valence-electron chi connectivity index (χ0n) is 10.6. The van der Waals surface area contributed by atoms with E-state index in [0.29, 0.717) is 12.5 Å². The Bertz CT molecular complexity index is 368. The smallest absolute Gasteiger partial charge is 0.141 e. The van der Waals surface area contributed by atoms with Crippen LogP contribution >= 0.6 is 11.6 Å². The van der Waals surface area contributed by atoms with E-state index in [4.69, 9.17) is 17.3 Å². The Labute approximate surface area is 108 Å². The highest BCUT2D eigenvalue weighted by Crippen LogP contribution is 2.28. The maximum Gasteiger partial charge on any atom is 0.141 e. The number of hydrogen-bond donors (Lipinski definition) is 1. The first-order chi connectivity index (χ1) is 7.95. The third kappa shape index (κ3) is 3.95. The van der Waals surface area contributed by atoms with Crippen molar-refractivity contribution >= 4 is 11.6 Å². The van der Waals surface area contributed by atoms with E-state index in [1.165, 1.54) is 6.07 Å². The quantitative estimate of drug-likeness (QED) is 0.880. The highest BCUT2D eigenvalue weighted by atomic mass is 35.5. The standard InChI is InChI=1S/C13H20ClFN2/c1-9(8-16)6-13(17(2)3)10-4-5-12(15)11(14)7-10/h4-5,7,9,13H,6,8,16H2,1-3H3. The summed E-state index contributed by atoms with van der Waals surface area (Å²) in [4.78, 5) is 2.11. The van der Waals surface area contributed by atoms with Gasteiger partial charge in [-0.25, -0.2) is 4.39 Å². The Morgan fingerprint density at radius 3 is 2.53 bits per heavy atom. The lowest BCUT2D eigenvalue weighted by Crippen LogP contribution is -2.24. The van der Waals surface area contributed by atoms with Gasteiger partial charge in [-0.05, 0) is 50.7 Å². The molecule has 0 saturated heterocycles. The Kier molecular flexibility index (Phi) is 5.37. The van der Waals surface area contributed by atoms with Crippen LogP contribution in [-0.4, -0.2) is 25.5 Å². The molecule has 96 valence electrons. The molecule has 0 amide bonds. The van der Waals surface area contributed by atoms with E-state index < -0.39 is 0 Å². The summed E-state index contributed by atoms with van der Waals surface area (Å²) in [5, 5.41) is 0.176. The molecule has 0 fully saturated rings. The third-order valence-electron chi connectivity index (χ3n) is 2.98. The fourth-order valence-corrected chi connectivity index (χ4v) is 2.03. The van der Waals surface area contributed by atoms with Gasteiger partial charge in [0.25, 0.3) is 0 Å². The summed E-state index contributed by atoms with van der Waals surface area (Å²) in [6.45, 7) is 2.76.